The van der Waals surface area contributed by atoms with Crippen LogP contribution >= 0.6 is 0 Å². The molecule has 6 rings (SSSR count). The summed E-state index contributed by atoms with van der Waals surface area (Å²) >= 11 is 0. The number of nitrogens with zero attached hydrogens (tertiary/aromatic N) is 1. The van der Waals surface area contributed by atoms with Gasteiger partial charge in [-0.3, -0.25) is 4.79 Å². The molecule has 0 spiro atoms. The van der Waals surface area contributed by atoms with Crippen molar-refractivity contribution in [1.82, 2.24) is 10.2 Å². The van der Waals surface area contributed by atoms with Gasteiger partial charge in [0.1, 0.15) is 0 Å². The van der Waals surface area contributed by atoms with E-state index in [1.54, 1.807) is 12.1 Å². The monoisotopic (exact) mass is 630 g/mol. The van der Waals surface area contributed by atoms with E-state index in [2.05, 4.69) is 84.6 Å². The first kappa shape index (κ1) is 33.7. The number of carboxylic acid groups (broad SMARTS) is 1. The second-order valence-electron chi connectivity index (χ2n) is 18.2. The lowest BCUT2D eigenvalue weighted by atomic mass is 9.31. The number of rotatable bonds is 7. The third-order valence-electron chi connectivity index (χ3n) is 16.0. The summed E-state index contributed by atoms with van der Waals surface area (Å²) < 4.78 is 0. The van der Waals surface area contributed by atoms with E-state index in [-0.39, 0.29) is 27.1 Å². The Morgan fingerprint density at radius 3 is 2.20 bits per heavy atom. The van der Waals surface area contributed by atoms with Gasteiger partial charge in [-0.2, -0.15) is 0 Å². The second kappa shape index (κ2) is 11.5. The Balaban J connectivity index is 1.30. The smallest absolute Gasteiger partial charge is 0.335 e. The topological polar surface area (TPSA) is 69.6 Å². The first-order valence-electron chi connectivity index (χ1n) is 18.4. The summed E-state index contributed by atoms with van der Waals surface area (Å²) in [5, 5.41) is 12.9. The number of fused-ring (bicyclic) bond motifs is 7. The highest BCUT2D eigenvalue weighted by Gasteiger charge is 2.71. The summed E-state index contributed by atoms with van der Waals surface area (Å²) in [5.41, 5.74) is 3.61. The van der Waals surface area contributed by atoms with Crippen LogP contribution in [0.15, 0.2) is 36.4 Å². The molecule has 1 aromatic carbocycles. The van der Waals surface area contributed by atoms with Crippen LogP contribution in [0.5, 0.6) is 0 Å². The van der Waals surface area contributed by atoms with Crippen LogP contribution < -0.4 is 5.32 Å². The zero-order valence-electron chi connectivity index (χ0n) is 30.2. The van der Waals surface area contributed by atoms with Gasteiger partial charge in [-0.1, -0.05) is 58.9 Å². The molecular weight excluding hydrogens is 568 g/mol. The molecule has 5 saturated carbocycles. The molecule has 254 valence electrons. The number of hydrogen-bond acceptors (Lipinski definition) is 3. The summed E-state index contributed by atoms with van der Waals surface area (Å²) in [6.45, 7) is 21.4. The minimum absolute atomic E-state index is 0.139. The lowest BCUT2D eigenvalue weighted by Gasteiger charge is -2.73. The summed E-state index contributed by atoms with van der Waals surface area (Å²) in [6.07, 6.45) is 11.7. The maximum absolute atomic E-state index is 14.2. The van der Waals surface area contributed by atoms with Crippen molar-refractivity contribution in [3.05, 3.63) is 47.5 Å². The molecule has 10 atom stereocenters. The van der Waals surface area contributed by atoms with Crippen LogP contribution in [0.3, 0.4) is 0 Å². The highest BCUT2D eigenvalue weighted by molar-refractivity contribution is 5.87. The van der Waals surface area contributed by atoms with Crippen molar-refractivity contribution in [2.75, 3.05) is 27.2 Å². The predicted octanol–water partition coefficient (Wildman–Crippen LogP) is 8.80. The van der Waals surface area contributed by atoms with Gasteiger partial charge in [0.25, 0.3) is 0 Å². The SMILES string of the molecule is C=C(C)[C@@H]1CC[C@]2(C(=O)NCCN(C)C)CC[C@]3(C)[C@H](CC[C@@H]4[C@@]5(C)CC[C@H](c6ccc(C(=O)O)cc6)C(C)(C)[C@@H]5CC[C@]43C)[C@@H]12. The van der Waals surface area contributed by atoms with Gasteiger partial charge in [-0.05, 0) is 160 Å². The Labute approximate surface area is 279 Å². The number of benzene rings is 1. The minimum atomic E-state index is -0.852. The van der Waals surface area contributed by atoms with Crippen LogP contribution in [0.1, 0.15) is 128 Å². The molecule has 1 amide bonds. The van der Waals surface area contributed by atoms with Crippen molar-refractivity contribution in [3.8, 4) is 0 Å². The molecule has 0 heterocycles. The third kappa shape index (κ3) is 4.78. The number of amides is 1. The molecule has 2 N–H and O–H groups in total. The average Bonchev–Trinajstić information content (AvgIpc) is 3.38. The maximum Gasteiger partial charge on any atom is 0.335 e. The summed E-state index contributed by atoms with van der Waals surface area (Å²) in [7, 11) is 4.15. The third-order valence-corrected chi connectivity index (χ3v) is 16.0. The fraction of sp³-hybridized carbons (Fsp3) is 0.756. The van der Waals surface area contributed by atoms with Crippen molar-refractivity contribution in [3.63, 3.8) is 0 Å². The van der Waals surface area contributed by atoms with Gasteiger partial charge < -0.3 is 15.3 Å². The van der Waals surface area contributed by atoms with Gasteiger partial charge in [0.2, 0.25) is 5.91 Å². The maximum atomic E-state index is 14.2. The largest absolute Gasteiger partial charge is 0.478 e. The first-order chi connectivity index (χ1) is 21.5. The molecule has 5 nitrogen and oxygen atoms in total. The zero-order valence-corrected chi connectivity index (χ0v) is 30.2. The minimum Gasteiger partial charge on any atom is -0.478 e. The molecule has 5 heteroatoms. The summed E-state index contributed by atoms with van der Waals surface area (Å²) in [4.78, 5) is 27.9. The van der Waals surface area contributed by atoms with Gasteiger partial charge in [0.05, 0.1) is 11.0 Å². The summed E-state index contributed by atoms with van der Waals surface area (Å²) in [6, 6.07) is 7.77. The number of likely N-dealkylation sites (N-methyl/N-ethyl adjacent to an activating group) is 1. The molecule has 5 aliphatic rings. The number of carboxylic acids is 1. The van der Waals surface area contributed by atoms with Crippen LogP contribution in [-0.2, 0) is 4.79 Å². The number of carbonyl (C=O) groups excluding carboxylic acids is 1. The van der Waals surface area contributed by atoms with E-state index in [0.29, 0.717) is 47.0 Å². The Morgan fingerprint density at radius 1 is 0.870 bits per heavy atom. The van der Waals surface area contributed by atoms with E-state index in [1.165, 1.54) is 43.2 Å². The highest BCUT2D eigenvalue weighted by Crippen LogP contribution is 2.78. The van der Waals surface area contributed by atoms with Gasteiger partial charge in [0, 0.05) is 13.1 Å². The Bertz CT molecular complexity index is 1370. The van der Waals surface area contributed by atoms with Crippen molar-refractivity contribution < 1.29 is 14.7 Å². The standard InChI is InChI=1S/C41H62N2O3/c1-26(2)29-16-21-41(36(46)42-24-25-43(8)9)23-22-39(6)31(34(29)41)14-15-33-38(5)19-17-30(27-10-12-28(13-11-27)35(44)45)37(3,4)32(38)18-20-40(33,39)7/h10-13,29-34H,1,14-25H2,2-9H3,(H,42,46)(H,44,45)/t29-,30+,31+,32-,33+,34+,38-,39+,40+,41-/m0/s1. The molecule has 0 radical (unpaired) electrons. The molecule has 46 heavy (non-hydrogen) atoms. The van der Waals surface area contributed by atoms with E-state index >= 15 is 0 Å². The lowest BCUT2D eigenvalue weighted by Crippen LogP contribution is -2.67. The molecular formula is C41H62N2O3. The van der Waals surface area contributed by atoms with Gasteiger partial charge in [-0.15, -0.1) is 0 Å². The van der Waals surface area contributed by atoms with Gasteiger partial charge in [0.15, 0.2) is 0 Å². The lowest BCUT2D eigenvalue weighted by molar-refractivity contribution is -0.237. The molecule has 0 aromatic heterocycles. The Hall–Kier alpha value is -2.14. The number of allylic oxidation sites excluding steroid dienone is 1. The van der Waals surface area contributed by atoms with Gasteiger partial charge in [-0.25, -0.2) is 4.79 Å². The number of nitrogens with one attached hydrogen (secondary N) is 1. The van der Waals surface area contributed by atoms with Crippen LogP contribution in [0.4, 0.5) is 0 Å². The number of hydrogen-bond donors (Lipinski definition) is 2. The number of carbonyl (C=O) groups is 2. The Morgan fingerprint density at radius 2 is 1.57 bits per heavy atom. The van der Waals surface area contributed by atoms with Crippen LogP contribution in [0.25, 0.3) is 0 Å². The van der Waals surface area contributed by atoms with Crippen molar-refractivity contribution >= 4 is 11.9 Å². The molecule has 0 bridgehead atoms. The van der Waals surface area contributed by atoms with Crippen LogP contribution in [0.2, 0.25) is 0 Å². The van der Waals surface area contributed by atoms with E-state index in [0.717, 1.165) is 45.2 Å². The predicted molar refractivity (Wildman–Crippen MR) is 187 cm³/mol. The highest BCUT2D eigenvalue weighted by atomic mass is 16.4. The normalized spacial score (nSPS) is 42.7. The number of aromatic carboxylic acids is 1. The van der Waals surface area contributed by atoms with Crippen molar-refractivity contribution in [2.45, 2.75) is 112 Å². The van der Waals surface area contributed by atoms with Crippen molar-refractivity contribution in [2.24, 2.45) is 56.7 Å². The Kier molecular flexibility index (Phi) is 8.43. The van der Waals surface area contributed by atoms with E-state index in [9.17, 15) is 14.7 Å². The molecule has 0 unspecified atom stereocenters. The quantitative estimate of drug-likeness (QED) is 0.296. The fourth-order valence-corrected chi connectivity index (χ4v) is 13.6. The first-order valence-corrected chi connectivity index (χ1v) is 18.4. The van der Waals surface area contributed by atoms with Crippen LogP contribution in [-0.4, -0.2) is 49.1 Å². The van der Waals surface area contributed by atoms with Crippen molar-refractivity contribution in [1.29, 1.82) is 0 Å². The van der Waals surface area contributed by atoms with E-state index < -0.39 is 5.97 Å². The zero-order chi connectivity index (χ0) is 33.4. The van der Waals surface area contributed by atoms with Gasteiger partial charge >= 0.3 is 5.97 Å². The molecule has 5 fully saturated rings. The van der Waals surface area contributed by atoms with Crippen LogP contribution in [0, 0.1) is 56.7 Å². The average molecular weight is 631 g/mol. The molecule has 1 aromatic rings. The second-order valence-corrected chi connectivity index (χ2v) is 18.2. The molecule has 0 aliphatic heterocycles. The molecule has 0 saturated heterocycles. The molecule has 5 aliphatic carbocycles. The summed E-state index contributed by atoms with van der Waals surface area (Å²) in [5.74, 6) is 2.63. The van der Waals surface area contributed by atoms with E-state index in [4.69, 9.17) is 0 Å². The fourth-order valence-electron chi connectivity index (χ4n) is 13.6. The van der Waals surface area contributed by atoms with E-state index in [1.807, 2.05) is 0 Å².